The molecule has 3 amide bonds. The minimum atomic E-state index is -4.43. The van der Waals surface area contributed by atoms with Gasteiger partial charge >= 0.3 is 6.03 Å². The van der Waals surface area contributed by atoms with Gasteiger partial charge in [0.05, 0.1) is 4.90 Å². The number of fused-ring (bicyclic) bond motifs is 1. The van der Waals surface area contributed by atoms with E-state index < -0.39 is 28.0 Å². The summed E-state index contributed by atoms with van der Waals surface area (Å²) in [5.74, 6) is 0.871. The molecular weight excluding hydrogens is 599 g/mol. The van der Waals surface area contributed by atoms with Crippen LogP contribution >= 0.6 is 0 Å². The fourth-order valence-corrected chi connectivity index (χ4v) is 8.43. The number of ether oxygens (including phenoxy) is 1. The summed E-state index contributed by atoms with van der Waals surface area (Å²) in [4.78, 5) is 32.4. The quantitative estimate of drug-likeness (QED) is 0.196. The van der Waals surface area contributed by atoms with Crippen molar-refractivity contribution in [1.82, 2.24) is 14.2 Å². The van der Waals surface area contributed by atoms with Gasteiger partial charge in [0.25, 0.3) is 15.9 Å². The van der Waals surface area contributed by atoms with Gasteiger partial charge in [0, 0.05) is 30.1 Å². The lowest BCUT2D eigenvalue weighted by Crippen LogP contribution is -2.42. The van der Waals surface area contributed by atoms with Crippen molar-refractivity contribution in [2.75, 3.05) is 13.1 Å². The van der Waals surface area contributed by atoms with E-state index >= 15 is 0 Å². The number of urea groups is 1. The maximum atomic E-state index is 14.3. The first-order valence-electron chi connectivity index (χ1n) is 15.8. The molecule has 1 aliphatic heterocycles. The Hall–Kier alpha value is -4.09. The summed E-state index contributed by atoms with van der Waals surface area (Å²) in [6.07, 6.45) is 5.50. The van der Waals surface area contributed by atoms with E-state index in [-0.39, 0.29) is 23.8 Å². The second-order valence-corrected chi connectivity index (χ2v) is 14.6. The number of sulfonamides is 1. The molecule has 0 bridgehead atoms. The number of H-pyrrole nitrogens is 1. The van der Waals surface area contributed by atoms with Crippen LogP contribution in [0.1, 0.15) is 47.9 Å². The lowest BCUT2D eigenvalue weighted by Gasteiger charge is -2.30. The van der Waals surface area contributed by atoms with Gasteiger partial charge in [-0.2, -0.15) is 0 Å². The van der Waals surface area contributed by atoms with E-state index in [2.05, 4.69) is 4.98 Å². The van der Waals surface area contributed by atoms with Crippen LogP contribution < -0.4 is 15.9 Å². The highest BCUT2D eigenvalue weighted by molar-refractivity contribution is 7.89. The minimum Gasteiger partial charge on any atom is -0.457 e. The lowest BCUT2D eigenvalue weighted by molar-refractivity contribution is -0.128. The third-order valence-electron chi connectivity index (χ3n) is 9.52. The number of aromatic nitrogens is 1. The summed E-state index contributed by atoms with van der Waals surface area (Å²) in [5, 5.41) is 0.892. The van der Waals surface area contributed by atoms with E-state index in [1.54, 1.807) is 31.3 Å². The maximum Gasteiger partial charge on any atom is 0.341 e. The largest absolute Gasteiger partial charge is 0.457 e. The average Bonchev–Trinajstić information content (AvgIpc) is 3.55. The van der Waals surface area contributed by atoms with Gasteiger partial charge in [0.2, 0.25) is 0 Å². The van der Waals surface area contributed by atoms with Crippen molar-refractivity contribution in [3.63, 3.8) is 0 Å². The van der Waals surface area contributed by atoms with E-state index in [4.69, 9.17) is 18.3 Å². The van der Waals surface area contributed by atoms with E-state index in [1.807, 2.05) is 38.1 Å². The lowest BCUT2D eigenvalue weighted by atomic mass is 9.81. The Balaban J connectivity index is 1.34. The second kappa shape index (κ2) is 12.6. The first-order valence-corrected chi connectivity index (χ1v) is 17.2. The van der Waals surface area contributed by atoms with Crippen LogP contribution in [0.25, 0.3) is 10.9 Å². The number of hydrogen-bond donors (Lipinski definition) is 2. The molecule has 1 aromatic heterocycles. The Labute approximate surface area is 271 Å². The molecule has 2 fully saturated rings. The Morgan fingerprint density at radius 3 is 2.50 bits per heavy atom. The molecular formula is C35H39BN4O5S. The molecule has 3 unspecified atom stereocenters. The van der Waals surface area contributed by atoms with Crippen molar-refractivity contribution in [2.24, 2.45) is 17.6 Å². The summed E-state index contributed by atoms with van der Waals surface area (Å²) in [5.41, 5.74) is 10.7. The maximum absolute atomic E-state index is 14.3. The van der Waals surface area contributed by atoms with Gasteiger partial charge in [-0.25, -0.2) is 17.5 Å². The molecule has 1 aliphatic carbocycles. The molecule has 1 saturated heterocycles. The zero-order valence-electron chi connectivity index (χ0n) is 26.5. The molecule has 4 aromatic rings. The highest BCUT2D eigenvalue weighted by atomic mass is 32.2. The van der Waals surface area contributed by atoms with Crippen molar-refractivity contribution < 1.29 is 22.7 Å². The Bertz CT molecular complexity index is 1920. The van der Waals surface area contributed by atoms with Crippen LogP contribution in [0.4, 0.5) is 4.79 Å². The van der Waals surface area contributed by atoms with Crippen LogP contribution in [0.2, 0.25) is 0 Å². The molecule has 2 heterocycles. The smallest absolute Gasteiger partial charge is 0.341 e. The van der Waals surface area contributed by atoms with E-state index in [9.17, 15) is 18.0 Å². The Morgan fingerprint density at radius 1 is 0.978 bits per heavy atom. The number of hydrogen-bond acceptors (Lipinski definition) is 6. The zero-order chi connectivity index (χ0) is 32.7. The van der Waals surface area contributed by atoms with Crippen LogP contribution in [0.5, 0.6) is 11.5 Å². The number of imide groups is 1. The van der Waals surface area contributed by atoms with Gasteiger partial charge < -0.3 is 15.5 Å². The van der Waals surface area contributed by atoms with Gasteiger partial charge in [-0.3, -0.25) is 9.69 Å². The van der Waals surface area contributed by atoms with Crippen molar-refractivity contribution >= 4 is 46.2 Å². The number of amides is 3. The molecule has 238 valence electrons. The number of carbonyl (C=O) groups excluding carboxylic acids is 2. The molecule has 9 nitrogen and oxygen atoms in total. The first kappa shape index (κ1) is 31.9. The minimum absolute atomic E-state index is 0.0505. The molecule has 2 aliphatic rings. The fraction of sp³-hybridized carbons (Fsp3) is 0.371. The molecule has 0 spiro atoms. The monoisotopic (exact) mass is 638 g/mol. The average molecular weight is 639 g/mol. The Morgan fingerprint density at radius 2 is 1.76 bits per heavy atom. The highest BCUT2D eigenvalue weighted by Gasteiger charge is 2.52. The van der Waals surface area contributed by atoms with Gasteiger partial charge in [0.15, 0.2) is 0 Å². The van der Waals surface area contributed by atoms with Crippen LogP contribution in [0.15, 0.2) is 65.7 Å². The number of rotatable bonds is 9. The van der Waals surface area contributed by atoms with E-state index in [0.717, 1.165) is 62.5 Å². The third kappa shape index (κ3) is 5.94. The number of nitrogens with two attached hydrogens (primary N) is 1. The summed E-state index contributed by atoms with van der Waals surface area (Å²) < 4.78 is 35.5. The van der Waals surface area contributed by atoms with Crippen LogP contribution in [0.3, 0.4) is 0 Å². The second-order valence-electron chi connectivity index (χ2n) is 12.7. The van der Waals surface area contributed by atoms with Crippen LogP contribution in [-0.4, -0.2) is 61.5 Å². The van der Waals surface area contributed by atoms with Crippen molar-refractivity contribution in [1.29, 1.82) is 0 Å². The standard InChI is InChI=1S/C35H39BN4O5S/c1-21-10-11-27(17-30(21)36)45-32-13-12-28(14-23(32)3)46(43,44)40-31(16-26-19-38-33-22(2)6-4-9-29(26)33)34(41)39(35(40)42)20-25-8-5-7-24(15-25)18-37/h4,6,9-14,17,19,24-25,31,38H,5,7-8,15-16,18,20,37H2,1-3H3. The first-order chi connectivity index (χ1) is 22.0. The molecule has 11 heteroatoms. The summed E-state index contributed by atoms with van der Waals surface area (Å²) in [6.45, 7) is 6.34. The normalized spacial score (nSPS) is 20.6. The molecule has 3 aromatic carbocycles. The molecule has 2 radical (unpaired) electrons. The van der Waals surface area contributed by atoms with Gasteiger partial charge in [0.1, 0.15) is 25.4 Å². The topological polar surface area (TPSA) is 126 Å². The number of aromatic amines is 1. The summed E-state index contributed by atoms with van der Waals surface area (Å²) in [7, 11) is 1.60. The highest BCUT2D eigenvalue weighted by Crippen LogP contribution is 2.36. The molecule has 1 saturated carbocycles. The number of benzene rings is 3. The Kier molecular flexibility index (Phi) is 8.74. The molecule has 6 rings (SSSR count). The predicted molar refractivity (Wildman–Crippen MR) is 179 cm³/mol. The third-order valence-corrected chi connectivity index (χ3v) is 11.3. The molecule has 3 atom stereocenters. The van der Waals surface area contributed by atoms with Crippen LogP contribution in [-0.2, 0) is 21.2 Å². The van der Waals surface area contributed by atoms with Crippen LogP contribution in [0, 0.1) is 32.6 Å². The number of carbonyl (C=O) groups is 2. The van der Waals surface area contributed by atoms with Gasteiger partial charge in [-0.15, -0.1) is 0 Å². The molecule has 46 heavy (non-hydrogen) atoms. The van der Waals surface area contributed by atoms with Crippen molar-refractivity contribution in [3.8, 4) is 11.5 Å². The summed E-state index contributed by atoms with van der Waals surface area (Å²) >= 11 is 0. The fourth-order valence-electron chi connectivity index (χ4n) is 6.84. The zero-order valence-corrected chi connectivity index (χ0v) is 27.3. The molecule has 3 N–H and O–H groups in total. The van der Waals surface area contributed by atoms with Crippen molar-refractivity contribution in [3.05, 3.63) is 83.0 Å². The van der Waals surface area contributed by atoms with E-state index in [1.165, 1.54) is 12.1 Å². The number of nitrogens with zero attached hydrogens (tertiary/aromatic N) is 2. The van der Waals surface area contributed by atoms with E-state index in [0.29, 0.717) is 35.0 Å². The van der Waals surface area contributed by atoms with Gasteiger partial charge in [-0.05, 0) is 105 Å². The number of para-hydroxylation sites is 1. The number of aryl methyl sites for hydroxylation is 3. The van der Waals surface area contributed by atoms with Crippen molar-refractivity contribution in [2.45, 2.75) is 63.8 Å². The predicted octanol–water partition coefficient (Wildman–Crippen LogP) is 5.01. The van der Waals surface area contributed by atoms with Gasteiger partial charge in [-0.1, -0.05) is 41.7 Å². The number of nitrogens with one attached hydrogen (secondary N) is 1. The summed E-state index contributed by atoms with van der Waals surface area (Å²) in [6, 6.07) is 13.6. The SMILES string of the molecule is [B]c1cc(Oc2ccc(S(=O)(=O)N3C(=O)N(CC4CCCC(CN)C4)C(=O)C3Cc3c[nH]c4c(C)cccc34)cc2C)ccc1C.